The lowest BCUT2D eigenvalue weighted by Crippen LogP contribution is -2.27. The van der Waals surface area contributed by atoms with Crippen LogP contribution in [0.15, 0.2) is 65.6 Å². The summed E-state index contributed by atoms with van der Waals surface area (Å²) in [6.07, 6.45) is 1.72. The maximum absolute atomic E-state index is 13.7. The van der Waals surface area contributed by atoms with E-state index < -0.39 is 5.82 Å². The standard InChI is InChI=1S/C25H16FIN2O3S2/c1-31-21-10-15(9-20(27)23(21)32-14-17-6-3-2-5-16(17)13-28)11-22-24(30)29(25(33)34-22)19-8-4-7-18(26)12-19/h2-12H,14H2,1H3/b22-11+. The third-order valence-electron chi connectivity index (χ3n) is 4.92. The van der Waals surface area contributed by atoms with Gasteiger partial charge in [-0.1, -0.05) is 48.2 Å². The van der Waals surface area contributed by atoms with Gasteiger partial charge in [0.05, 0.1) is 32.9 Å². The fourth-order valence-electron chi connectivity index (χ4n) is 3.33. The number of amides is 1. The van der Waals surface area contributed by atoms with Crippen molar-refractivity contribution in [3.8, 4) is 17.6 Å². The first-order valence-electron chi connectivity index (χ1n) is 9.93. The zero-order chi connectivity index (χ0) is 24.2. The third-order valence-corrected chi connectivity index (χ3v) is 7.02. The van der Waals surface area contributed by atoms with Crippen LogP contribution >= 0.6 is 46.6 Å². The third kappa shape index (κ3) is 5.09. The Hall–Kier alpha value is -2.94. The number of methoxy groups -OCH3 is 1. The van der Waals surface area contributed by atoms with Gasteiger partial charge in [0.15, 0.2) is 15.8 Å². The number of halogens is 2. The highest BCUT2D eigenvalue weighted by Crippen LogP contribution is 2.39. The molecule has 0 unspecified atom stereocenters. The minimum absolute atomic E-state index is 0.210. The van der Waals surface area contributed by atoms with Gasteiger partial charge >= 0.3 is 0 Å². The molecule has 3 aromatic rings. The maximum atomic E-state index is 13.7. The number of carbonyl (C=O) groups excluding carboxylic acids is 1. The van der Waals surface area contributed by atoms with Gasteiger partial charge in [0, 0.05) is 5.56 Å². The van der Waals surface area contributed by atoms with E-state index in [4.69, 9.17) is 21.7 Å². The number of nitriles is 1. The van der Waals surface area contributed by atoms with Crippen LogP contribution in [0.3, 0.4) is 0 Å². The molecule has 34 heavy (non-hydrogen) atoms. The second kappa shape index (κ2) is 10.5. The molecule has 1 fully saturated rings. The predicted molar refractivity (Wildman–Crippen MR) is 143 cm³/mol. The van der Waals surface area contributed by atoms with Crippen molar-refractivity contribution in [3.05, 3.63) is 91.6 Å². The summed E-state index contributed by atoms with van der Waals surface area (Å²) in [7, 11) is 1.54. The molecule has 1 saturated heterocycles. The topological polar surface area (TPSA) is 62.6 Å². The van der Waals surface area contributed by atoms with Gasteiger partial charge in [-0.15, -0.1) is 0 Å². The van der Waals surface area contributed by atoms with Gasteiger partial charge in [-0.2, -0.15) is 5.26 Å². The van der Waals surface area contributed by atoms with Gasteiger partial charge in [-0.3, -0.25) is 9.69 Å². The van der Waals surface area contributed by atoms with Crippen LogP contribution < -0.4 is 14.4 Å². The number of thioether (sulfide) groups is 1. The van der Waals surface area contributed by atoms with Crippen LogP contribution in [0.2, 0.25) is 0 Å². The number of thiocarbonyl (C=S) groups is 1. The van der Waals surface area contributed by atoms with E-state index in [1.54, 1.807) is 30.3 Å². The summed E-state index contributed by atoms with van der Waals surface area (Å²) in [6.45, 7) is 0.210. The molecule has 1 heterocycles. The Balaban J connectivity index is 1.60. The zero-order valence-corrected chi connectivity index (χ0v) is 21.5. The average molecular weight is 602 g/mol. The molecule has 0 radical (unpaired) electrons. The van der Waals surface area contributed by atoms with Crippen molar-refractivity contribution in [3.63, 3.8) is 0 Å². The molecule has 170 valence electrons. The van der Waals surface area contributed by atoms with Crippen molar-refractivity contribution >= 4 is 68.6 Å². The molecule has 1 amide bonds. The molecule has 0 aliphatic carbocycles. The average Bonchev–Trinajstić information content (AvgIpc) is 3.10. The van der Waals surface area contributed by atoms with Crippen LogP contribution in [0.25, 0.3) is 6.08 Å². The summed E-state index contributed by atoms with van der Waals surface area (Å²) in [6, 6.07) is 18.8. The Morgan fingerprint density at radius 1 is 1.21 bits per heavy atom. The van der Waals surface area contributed by atoms with E-state index in [0.717, 1.165) is 26.5 Å². The maximum Gasteiger partial charge on any atom is 0.270 e. The highest BCUT2D eigenvalue weighted by atomic mass is 127. The summed E-state index contributed by atoms with van der Waals surface area (Å²) < 4.78 is 26.3. The van der Waals surface area contributed by atoms with E-state index in [2.05, 4.69) is 28.7 Å². The highest BCUT2D eigenvalue weighted by molar-refractivity contribution is 14.1. The second-order valence-electron chi connectivity index (χ2n) is 7.09. The van der Waals surface area contributed by atoms with Gasteiger partial charge in [-0.05, 0) is 70.6 Å². The number of anilines is 1. The van der Waals surface area contributed by atoms with Crippen molar-refractivity contribution in [2.45, 2.75) is 6.61 Å². The number of carbonyl (C=O) groups is 1. The van der Waals surface area contributed by atoms with E-state index in [0.29, 0.717) is 32.0 Å². The minimum atomic E-state index is -0.442. The quantitative estimate of drug-likeness (QED) is 0.188. The van der Waals surface area contributed by atoms with Gasteiger partial charge < -0.3 is 9.47 Å². The number of benzene rings is 3. The van der Waals surface area contributed by atoms with Crippen LogP contribution in [-0.2, 0) is 11.4 Å². The summed E-state index contributed by atoms with van der Waals surface area (Å²) in [5, 5.41) is 9.29. The van der Waals surface area contributed by atoms with Crippen molar-refractivity contribution < 1.29 is 18.7 Å². The molecule has 0 atom stereocenters. The van der Waals surface area contributed by atoms with E-state index >= 15 is 0 Å². The fraction of sp³-hybridized carbons (Fsp3) is 0.0800. The molecule has 1 aliphatic rings. The summed E-state index contributed by atoms with van der Waals surface area (Å²) in [4.78, 5) is 14.7. The summed E-state index contributed by atoms with van der Waals surface area (Å²) >= 11 is 8.66. The largest absolute Gasteiger partial charge is 0.493 e. The fourth-order valence-corrected chi connectivity index (χ4v) is 5.41. The first-order chi connectivity index (χ1) is 16.4. The highest BCUT2D eigenvalue weighted by Gasteiger charge is 2.33. The second-order valence-corrected chi connectivity index (χ2v) is 9.93. The Bertz CT molecular complexity index is 1370. The number of ether oxygens (including phenoxy) is 2. The Morgan fingerprint density at radius 3 is 2.74 bits per heavy atom. The first-order valence-corrected chi connectivity index (χ1v) is 12.2. The Labute approximate surface area is 219 Å². The molecular weight excluding hydrogens is 586 g/mol. The molecule has 1 aliphatic heterocycles. The monoisotopic (exact) mass is 602 g/mol. The normalized spacial score (nSPS) is 14.4. The van der Waals surface area contributed by atoms with Crippen molar-refractivity contribution in [2.75, 3.05) is 12.0 Å². The van der Waals surface area contributed by atoms with Crippen molar-refractivity contribution in [1.82, 2.24) is 0 Å². The number of rotatable bonds is 6. The van der Waals surface area contributed by atoms with Gasteiger partial charge in [0.1, 0.15) is 12.4 Å². The van der Waals surface area contributed by atoms with Crippen LogP contribution in [0.1, 0.15) is 16.7 Å². The lowest BCUT2D eigenvalue weighted by molar-refractivity contribution is -0.113. The molecule has 9 heteroatoms. The van der Waals surface area contributed by atoms with Gasteiger partial charge in [-0.25, -0.2) is 4.39 Å². The van der Waals surface area contributed by atoms with E-state index in [1.165, 1.54) is 30.2 Å². The number of nitrogens with zero attached hydrogens (tertiary/aromatic N) is 2. The van der Waals surface area contributed by atoms with Gasteiger partial charge in [0.25, 0.3) is 5.91 Å². The van der Waals surface area contributed by atoms with Crippen LogP contribution in [0, 0.1) is 20.7 Å². The Kier molecular flexibility index (Phi) is 7.50. The molecule has 0 spiro atoms. The van der Waals surface area contributed by atoms with E-state index in [9.17, 15) is 14.4 Å². The smallest absolute Gasteiger partial charge is 0.270 e. The molecule has 5 nitrogen and oxygen atoms in total. The molecule has 4 rings (SSSR count). The van der Waals surface area contributed by atoms with Crippen LogP contribution in [-0.4, -0.2) is 17.3 Å². The summed E-state index contributed by atoms with van der Waals surface area (Å²) in [5.41, 5.74) is 2.44. The minimum Gasteiger partial charge on any atom is -0.493 e. The van der Waals surface area contributed by atoms with Crippen molar-refractivity contribution in [1.29, 1.82) is 5.26 Å². The molecule has 0 bridgehead atoms. The lowest BCUT2D eigenvalue weighted by Gasteiger charge is -2.15. The molecular formula is C25H16FIN2O3S2. The van der Waals surface area contributed by atoms with E-state index in [-0.39, 0.29) is 12.5 Å². The van der Waals surface area contributed by atoms with Crippen LogP contribution in [0.5, 0.6) is 11.5 Å². The first kappa shape index (κ1) is 24.2. The van der Waals surface area contributed by atoms with Gasteiger partial charge in [0.2, 0.25) is 0 Å². The predicted octanol–water partition coefficient (Wildman–Crippen LogP) is 6.30. The van der Waals surface area contributed by atoms with Crippen LogP contribution in [0.4, 0.5) is 10.1 Å². The number of hydrogen-bond donors (Lipinski definition) is 0. The zero-order valence-electron chi connectivity index (χ0n) is 17.7. The molecule has 0 N–H and O–H groups in total. The molecule has 0 aromatic heterocycles. The number of hydrogen-bond acceptors (Lipinski definition) is 6. The van der Waals surface area contributed by atoms with Crippen molar-refractivity contribution in [2.24, 2.45) is 0 Å². The lowest BCUT2D eigenvalue weighted by atomic mass is 10.1. The Morgan fingerprint density at radius 2 is 2.00 bits per heavy atom. The molecule has 3 aromatic carbocycles. The van der Waals surface area contributed by atoms with E-state index in [1.807, 2.05) is 18.2 Å². The SMILES string of the molecule is COc1cc(/C=C2/SC(=S)N(c3cccc(F)c3)C2=O)cc(I)c1OCc1ccccc1C#N. The summed E-state index contributed by atoms with van der Waals surface area (Å²) in [5.74, 6) is 0.277. The molecule has 0 saturated carbocycles.